The fraction of sp³-hybridized carbons (Fsp3) is 0.0667. The molecule has 4 aromatic carbocycles. The van der Waals surface area contributed by atoms with Gasteiger partial charge in [0, 0.05) is 17.2 Å². The molecule has 0 aromatic heterocycles. The molecule has 4 aromatic rings. The summed E-state index contributed by atoms with van der Waals surface area (Å²) in [5.41, 5.74) is -0.668. The van der Waals surface area contributed by atoms with E-state index in [1.165, 1.54) is 43.5 Å². The van der Waals surface area contributed by atoms with Crippen LogP contribution in [0.1, 0.15) is 53.1 Å². The van der Waals surface area contributed by atoms with Crippen LogP contribution in [0.2, 0.25) is 0 Å². The lowest BCUT2D eigenvalue weighted by Gasteiger charge is -2.21. The Morgan fingerprint density at radius 3 is 2.17 bits per heavy atom. The maximum absolute atomic E-state index is 13.6. The van der Waals surface area contributed by atoms with E-state index in [4.69, 9.17) is 9.47 Å². The van der Waals surface area contributed by atoms with Gasteiger partial charge in [-0.3, -0.25) is 24.5 Å². The summed E-state index contributed by atoms with van der Waals surface area (Å²) in [6.07, 6.45) is -1.35. The molecule has 40 heavy (non-hydrogen) atoms. The summed E-state index contributed by atoms with van der Waals surface area (Å²) in [7, 11) is 1.50. The number of esters is 1. The molecule has 0 fully saturated rings. The number of benzene rings is 4. The van der Waals surface area contributed by atoms with Crippen LogP contribution < -0.4 is 9.64 Å². The molecule has 0 aliphatic carbocycles. The third-order valence-corrected chi connectivity index (χ3v) is 6.39. The highest BCUT2D eigenvalue weighted by Crippen LogP contribution is 2.36. The van der Waals surface area contributed by atoms with Crippen LogP contribution in [0.4, 0.5) is 11.4 Å². The van der Waals surface area contributed by atoms with E-state index >= 15 is 0 Å². The number of carbonyl (C=O) groups is 4. The number of nitro benzene ring substituents is 1. The summed E-state index contributed by atoms with van der Waals surface area (Å²) in [6, 6.07) is 24.1. The van der Waals surface area contributed by atoms with E-state index in [0.717, 1.165) is 6.07 Å². The Kier molecular flexibility index (Phi) is 6.90. The minimum atomic E-state index is -1.35. The number of ketones is 1. The number of hydrogen-bond acceptors (Lipinski definition) is 8. The molecule has 0 radical (unpaired) electrons. The van der Waals surface area contributed by atoms with Crippen LogP contribution in [-0.2, 0) is 4.74 Å². The fourth-order valence-electron chi connectivity index (χ4n) is 4.46. The Bertz CT molecular complexity index is 1670. The molecular formula is C30H20N2O8. The number of amides is 2. The number of nitro groups is 1. The number of rotatable bonds is 8. The maximum atomic E-state index is 13.6. The summed E-state index contributed by atoms with van der Waals surface area (Å²) in [6.45, 7) is 0. The molecule has 0 unspecified atom stereocenters. The lowest BCUT2D eigenvalue weighted by atomic mass is 9.99. The molecule has 10 heteroatoms. The SMILES string of the molecule is COc1ccc(C(=O)[C@H](OC(=O)c2ccccc2N2C(=O)c3cccc([N+](=O)[O-])c3C2=O)c2ccccc2)cc1. The van der Waals surface area contributed by atoms with E-state index in [-0.39, 0.29) is 27.9 Å². The predicted molar refractivity (Wildman–Crippen MR) is 143 cm³/mol. The standard InChI is InChI=1S/C30H20N2O8/c1-39-20-16-14-18(15-17-20)26(33)27(19-8-3-2-4-9-19)40-30(36)21-10-5-6-12-23(21)31-28(34)22-11-7-13-24(32(37)38)25(22)29(31)35/h2-17,27H,1H3/t27-/m1/s1. The Hall–Kier alpha value is -5.64. The summed E-state index contributed by atoms with van der Waals surface area (Å²) in [5, 5.41) is 11.5. The molecule has 5 rings (SSSR count). The van der Waals surface area contributed by atoms with E-state index in [1.807, 2.05) is 0 Å². The Balaban J connectivity index is 1.51. The second kappa shape index (κ2) is 10.6. The molecule has 198 valence electrons. The molecule has 0 spiro atoms. The summed E-state index contributed by atoms with van der Waals surface area (Å²) >= 11 is 0. The van der Waals surface area contributed by atoms with Crippen molar-refractivity contribution in [1.82, 2.24) is 0 Å². The van der Waals surface area contributed by atoms with Gasteiger partial charge in [0.25, 0.3) is 17.5 Å². The number of hydrogen-bond donors (Lipinski definition) is 0. The Morgan fingerprint density at radius 2 is 1.50 bits per heavy atom. The molecule has 1 atom stereocenters. The van der Waals surface area contributed by atoms with Gasteiger partial charge < -0.3 is 9.47 Å². The lowest BCUT2D eigenvalue weighted by molar-refractivity contribution is -0.385. The summed E-state index contributed by atoms with van der Waals surface area (Å²) in [4.78, 5) is 65.0. The summed E-state index contributed by atoms with van der Waals surface area (Å²) < 4.78 is 10.9. The number of nitrogens with zero attached hydrogens (tertiary/aromatic N) is 2. The predicted octanol–water partition coefficient (Wildman–Crippen LogP) is 5.19. The van der Waals surface area contributed by atoms with Crippen molar-refractivity contribution < 1.29 is 33.6 Å². The number of methoxy groups -OCH3 is 1. The monoisotopic (exact) mass is 536 g/mol. The first kappa shape index (κ1) is 26.0. The number of ether oxygens (including phenoxy) is 2. The third-order valence-electron chi connectivity index (χ3n) is 6.39. The van der Waals surface area contributed by atoms with Gasteiger partial charge in [-0.2, -0.15) is 0 Å². The van der Waals surface area contributed by atoms with E-state index in [2.05, 4.69) is 0 Å². The van der Waals surface area contributed by atoms with Crippen molar-refractivity contribution >= 4 is 34.9 Å². The highest BCUT2D eigenvalue weighted by molar-refractivity contribution is 6.36. The smallest absolute Gasteiger partial charge is 0.341 e. The molecule has 0 bridgehead atoms. The number of para-hydroxylation sites is 1. The average molecular weight is 536 g/mol. The maximum Gasteiger partial charge on any atom is 0.341 e. The van der Waals surface area contributed by atoms with Crippen LogP contribution in [-0.4, -0.2) is 35.6 Å². The Labute approximate surface area is 227 Å². The average Bonchev–Trinajstić information content (AvgIpc) is 3.25. The zero-order valence-corrected chi connectivity index (χ0v) is 21.0. The van der Waals surface area contributed by atoms with E-state index in [9.17, 15) is 29.3 Å². The van der Waals surface area contributed by atoms with Gasteiger partial charge in [0.1, 0.15) is 11.3 Å². The van der Waals surface area contributed by atoms with Crippen LogP contribution in [0.25, 0.3) is 0 Å². The van der Waals surface area contributed by atoms with Gasteiger partial charge in [-0.05, 0) is 42.5 Å². The van der Waals surface area contributed by atoms with Crippen LogP contribution in [0, 0.1) is 10.1 Å². The van der Waals surface area contributed by atoms with Gasteiger partial charge in [0.15, 0.2) is 6.10 Å². The fourth-order valence-corrected chi connectivity index (χ4v) is 4.46. The molecule has 0 saturated heterocycles. The molecule has 1 aliphatic heterocycles. The second-order valence-electron chi connectivity index (χ2n) is 8.71. The first-order valence-electron chi connectivity index (χ1n) is 12.0. The molecule has 2 amide bonds. The minimum absolute atomic E-state index is 0.128. The topological polar surface area (TPSA) is 133 Å². The van der Waals surface area contributed by atoms with E-state index in [0.29, 0.717) is 16.2 Å². The largest absolute Gasteiger partial charge is 0.497 e. The first-order valence-corrected chi connectivity index (χ1v) is 12.0. The minimum Gasteiger partial charge on any atom is -0.497 e. The molecular weight excluding hydrogens is 516 g/mol. The van der Waals surface area contributed by atoms with Gasteiger partial charge >= 0.3 is 5.97 Å². The van der Waals surface area contributed by atoms with Gasteiger partial charge in [0.2, 0.25) is 5.78 Å². The van der Waals surface area contributed by atoms with Crippen molar-refractivity contribution in [1.29, 1.82) is 0 Å². The normalized spacial score (nSPS) is 13.0. The van der Waals surface area contributed by atoms with Crippen molar-refractivity contribution in [3.05, 3.63) is 135 Å². The van der Waals surface area contributed by atoms with Crippen molar-refractivity contribution in [3.63, 3.8) is 0 Å². The van der Waals surface area contributed by atoms with Gasteiger partial charge in [0.05, 0.1) is 28.8 Å². The zero-order chi connectivity index (χ0) is 28.4. The van der Waals surface area contributed by atoms with E-state index < -0.39 is 40.3 Å². The molecule has 1 heterocycles. The highest BCUT2D eigenvalue weighted by Gasteiger charge is 2.43. The molecule has 10 nitrogen and oxygen atoms in total. The number of Topliss-reactive ketones (excluding diaryl/α,β-unsaturated/α-hetero) is 1. The van der Waals surface area contributed by atoms with Gasteiger partial charge in [-0.15, -0.1) is 0 Å². The van der Waals surface area contributed by atoms with Crippen LogP contribution >= 0.6 is 0 Å². The van der Waals surface area contributed by atoms with Crippen molar-refractivity contribution in [2.75, 3.05) is 12.0 Å². The van der Waals surface area contributed by atoms with Crippen LogP contribution in [0.15, 0.2) is 97.1 Å². The molecule has 1 aliphatic rings. The quantitative estimate of drug-likeness (QED) is 0.0988. The van der Waals surface area contributed by atoms with Gasteiger partial charge in [-0.1, -0.05) is 48.5 Å². The molecule has 0 saturated carbocycles. The lowest BCUT2D eigenvalue weighted by Crippen LogP contribution is -2.31. The second-order valence-corrected chi connectivity index (χ2v) is 8.71. The first-order chi connectivity index (χ1) is 19.3. The van der Waals surface area contributed by atoms with E-state index in [1.54, 1.807) is 54.6 Å². The highest BCUT2D eigenvalue weighted by atomic mass is 16.6. The van der Waals surface area contributed by atoms with Crippen molar-refractivity contribution in [3.8, 4) is 5.75 Å². The molecule has 0 N–H and O–H groups in total. The van der Waals surface area contributed by atoms with Crippen LogP contribution in [0.5, 0.6) is 5.75 Å². The number of fused-ring (bicyclic) bond motifs is 1. The number of carbonyl (C=O) groups excluding carboxylic acids is 4. The summed E-state index contributed by atoms with van der Waals surface area (Å²) in [5.74, 6) is -2.70. The zero-order valence-electron chi connectivity index (χ0n) is 21.0. The van der Waals surface area contributed by atoms with Crippen LogP contribution in [0.3, 0.4) is 0 Å². The Morgan fingerprint density at radius 1 is 0.825 bits per heavy atom. The van der Waals surface area contributed by atoms with Crippen molar-refractivity contribution in [2.45, 2.75) is 6.10 Å². The van der Waals surface area contributed by atoms with Gasteiger partial charge in [-0.25, -0.2) is 9.69 Å². The third kappa shape index (κ3) is 4.58. The van der Waals surface area contributed by atoms with Crippen molar-refractivity contribution in [2.24, 2.45) is 0 Å². The number of anilines is 1. The number of imide groups is 1.